The topological polar surface area (TPSA) is 37.4 Å². The van der Waals surface area contributed by atoms with Crippen LogP contribution in [0, 0.1) is 12.8 Å². The first-order valence-electron chi connectivity index (χ1n) is 8.63. The molecule has 1 saturated heterocycles. The molecule has 0 bridgehead atoms. The number of aryl methyl sites for hydroxylation is 1. The third-order valence-electron chi connectivity index (χ3n) is 4.89. The Kier molecular flexibility index (Phi) is 5.59. The van der Waals surface area contributed by atoms with Crippen LogP contribution in [0.5, 0.6) is 0 Å². The molecule has 1 amide bonds. The molecule has 0 radical (unpaired) electrons. The third kappa shape index (κ3) is 3.96. The second-order valence-electron chi connectivity index (χ2n) is 6.48. The number of piperidine rings is 1. The molecule has 0 atom stereocenters. The lowest BCUT2D eigenvalue weighted by Gasteiger charge is -2.31. The fourth-order valence-corrected chi connectivity index (χ4v) is 3.75. The Morgan fingerprint density at radius 3 is 2.36 bits per heavy atom. The molecule has 0 unspecified atom stereocenters. The van der Waals surface area contributed by atoms with Gasteiger partial charge < -0.3 is 4.90 Å². The first kappa shape index (κ1) is 17.7. The van der Waals surface area contributed by atoms with Gasteiger partial charge in [0, 0.05) is 35.0 Å². The molecular weight excluding hydrogens is 330 g/mol. The van der Waals surface area contributed by atoms with Gasteiger partial charge in [-0.05, 0) is 43.7 Å². The molecule has 0 N–H and O–H groups in total. The lowest BCUT2D eigenvalue weighted by atomic mass is 9.88. The summed E-state index contributed by atoms with van der Waals surface area (Å²) in [5.41, 5.74) is 2.56. The summed E-state index contributed by atoms with van der Waals surface area (Å²) >= 11 is 1.64. The average Bonchev–Trinajstić information content (AvgIpc) is 2.68. The molecule has 1 fully saturated rings. The van der Waals surface area contributed by atoms with Crippen LogP contribution in [0.3, 0.4) is 0 Å². The Morgan fingerprint density at radius 1 is 1.04 bits per heavy atom. The largest absolute Gasteiger partial charge is 0.339 e. The highest BCUT2D eigenvalue weighted by Crippen LogP contribution is 2.25. The zero-order valence-corrected chi connectivity index (χ0v) is 15.5. The summed E-state index contributed by atoms with van der Waals surface area (Å²) in [6, 6.07) is 15.5. The van der Waals surface area contributed by atoms with E-state index < -0.39 is 0 Å². The number of benzene rings is 2. The van der Waals surface area contributed by atoms with Crippen LogP contribution in [0.1, 0.15) is 39.1 Å². The Morgan fingerprint density at radius 2 is 1.72 bits per heavy atom. The summed E-state index contributed by atoms with van der Waals surface area (Å²) in [5.74, 6) is 0.303. The minimum absolute atomic E-state index is 0.0186. The highest BCUT2D eigenvalue weighted by molar-refractivity contribution is 7.98. The Balaban J connectivity index is 1.66. The molecule has 2 aromatic carbocycles. The Bertz CT molecular complexity index is 765. The molecule has 0 aromatic heterocycles. The van der Waals surface area contributed by atoms with Crippen LogP contribution in [-0.2, 0) is 0 Å². The Hall–Kier alpha value is -2.07. The maximum atomic E-state index is 12.9. The third-order valence-corrected chi connectivity index (χ3v) is 5.61. The summed E-state index contributed by atoms with van der Waals surface area (Å²) in [5, 5.41) is 0. The number of carbonyl (C=O) groups excluding carboxylic acids is 2. The first-order valence-corrected chi connectivity index (χ1v) is 9.86. The molecule has 0 spiro atoms. The van der Waals surface area contributed by atoms with Crippen molar-refractivity contribution in [2.75, 3.05) is 19.3 Å². The maximum Gasteiger partial charge on any atom is 0.254 e. The molecule has 3 rings (SSSR count). The van der Waals surface area contributed by atoms with Gasteiger partial charge in [-0.15, -0.1) is 11.8 Å². The number of amides is 1. The van der Waals surface area contributed by atoms with Crippen LogP contribution in [-0.4, -0.2) is 35.9 Å². The summed E-state index contributed by atoms with van der Waals surface area (Å²) in [4.78, 5) is 28.4. The Labute approximate surface area is 153 Å². The zero-order valence-electron chi connectivity index (χ0n) is 14.7. The fraction of sp³-hybridized carbons (Fsp3) is 0.333. The van der Waals surface area contributed by atoms with Crippen molar-refractivity contribution in [2.24, 2.45) is 5.92 Å². The molecule has 2 aromatic rings. The van der Waals surface area contributed by atoms with Crippen molar-refractivity contribution in [3.63, 3.8) is 0 Å². The van der Waals surface area contributed by atoms with Gasteiger partial charge in [-0.25, -0.2) is 0 Å². The lowest BCUT2D eigenvalue weighted by molar-refractivity contribution is 0.0649. The molecule has 25 heavy (non-hydrogen) atoms. The number of carbonyl (C=O) groups is 2. The van der Waals surface area contributed by atoms with Crippen molar-refractivity contribution in [1.29, 1.82) is 0 Å². The number of nitrogens with zero attached hydrogens (tertiary/aromatic N) is 1. The highest BCUT2D eigenvalue weighted by atomic mass is 32.2. The summed E-state index contributed by atoms with van der Waals surface area (Å²) in [6.45, 7) is 3.26. The second kappa shape index (κ2) is 7.87. The minimum Gasteiger partial charge on any atom is -0.339 e. The smallest absolute Gasteiger partial charge is 0.254 e. The monoisotopic (exact) mass is 353 g/mol. The number of likely N-dealkylation sites (tertiary alicyclic amines) is 1. The molecule has 3 nitrogen and oxygen atoms in total. The summed E-state index contributed by atoms with van der Waals surface area (Å²) in [7, 11) is 0. The van der Waals surface area contributed by atoms with Crippen molar-refractivity contribution in [2.45, 2.75) is 24.7 Å². The quantitative estimate of drug-likeness (QED) is 0.602. The van der Waals surface area contributed by atoms with Crippen molar-refractivity contribution in [1.82, 2.24) is 4.90 Å². The molecule has 4 heteroatoms. The minimum atomic E-state index is 0.0186. The predicted octanol–water partition coefficient (Wildman–Crippen LogP) is 4.45. The van der Waals surface area contributed by atoms with E-state index >= 15 is 0 Å². The van der Waals surface area contributed by atoms with E-state index in [1.54, 1.807) is 11.8 Å². The van der Waals surface area contributed by atoms with E-state index in [4.69, 9.17) is 0 Å². The van der Waals surface area contributed by atoms with Gasteiger partial charge in [0.1, 0.15) is 0 Å². The lowest BCUT2D eigenvalue weighted by Crippen LogP contribution is -2.40. The van der Waals surface area contributed by atoms with Crippen LogP contribution in [0.15, 0.2) is 53.4 Å². The first-order chi connectivity index (χ1) is 12.1. The van der Waals surface area contributed by atoms with Gasteiger partial charge in [0.2, 0.25) is 0 Å². The molecule has 1 aliphatic rings. The predicted molar refractivity (Wildman–Crippen MR) is 102 cm³/mol. The van der Waals surface area contributed by atoms with Crippen LogP contribution in [0.2, 0.25) is 0 Å². The van der Waals surface area contributed by atoms with Gasteiger partial charge in [-0.2, -0.15) is 0 Å². The van der Waals surface area contributed by atoms with Crippen LogP contribution in [0.25, 0.3) is 0 Å². The van der Waals surface area contributed by atoms with E-state index in [0.29, 0.717) is 13.1 Å². The second-order valence-corrected chi connectivity index (χ2v) is 7.36. The number of Topliss-reactive ketones (excluding diaryl/α,β-unsaturated/α-hetero) is 1. The molecule has 0 aliphatic carbocycles. The average molecular weight is 353 g/mol. The van der Waals surface area contributed by atoms with Gasteiger partial charge in [-0.1, -0.05) is 36.4 Å². The number of hydrogen-bond acceptors (Lipinski definition) is 3. The summed E-state index contributed by atoms with van der Waals surface area (Å²) in [6.07, 6.45) is 3.49. The van der Waals surface area contributed by atoms with E-state index in [9.17, 15) is 9.59 Å². The van der Waals surface area contributed by atoms with E-state index in [2.05, 4.69) is 0 Å². The number of ketones is 1. The van der Waals surface area contributed by atoms with Crippen molar-refractivity contribution in [3.05, 3.63) is 65.2 Å². The number of hydrogen-bond donors (Lipinski definition) is 0. The molecule has 130 valence electrons. The highest BCUT2D eigenvalue weighted by Gasteiger charge is 2.28. The van der Waals surface area contributed by atoms with Gasteiger partial charge in [0.25, 0.3) is 5.91 Å². The number of rotatable bonds is 4. The van der Waals surface area contributed by atoms with Crippen molar-refractivity contribution < 1.29 is 9.59 Å². The van der Waals surface area contributed by atoms with Gasteiger partial charge in [0.05, 0.1) is 0 Å². The van der Waals surface area contributed by atoms with E-state index in [1.165, 1.54) is 0 Å². The zero-order chi connectivity index (χ0) is 17.8. The van der Waals surface area contributed by atoms with E-state index in [-0.39, 0.29) is 17.6 Å². The molecular formula is C21H23NO2S. The standard InChI is InChI=1S/C21H23NO2S/c1-15-8-9-18(25-2)14-19(15)21(24)22-12-10-17(11-13-22)20(23)16-6-4-3-5-7-16/h3-9,14,17H,10-13H2,1-2H3. The van der Waals surface area contributed by atoms with Crippen LogP contribution in [0.4, 0.5) is 0 Å². The normalized spacial score (nSPS) is 15.2. The van der Waals surface area contributed by atoms with Gasteiger partial charge >= 0.3 is 0 Å². The maximum absolute atomic E-state index is 12.9. The van der Waals surface area contributed by atoms with Crippen LogP contribution >= 0.6 is 11.8 Å². The molecule has 1 aliphatic heterocycles. The van der Waals surface area contributed by atoms with Gasteiger partial charge in [0.15, 0.2) is 5.78 Å². The fourth-order valence-electron chi connectivity index (χ4n) is 3.31. The van der Waals surface area contributed by atoms with Gasteiger partial charge in [-0.3, -0.25) is 9.59 Å². The number of thioether (sulfide) groups is 1. The van der Waals surface area contributed by atoms with Crippen molar-refractivity contribution >= 4 is 23.5 Å². The summed E-state index contributed by atoms with van der Waals surface area (Å²) < 4.78 is 0. The van der Waals surface area contributed by atoms with E-state index in [1.807, 2.05) is 66.6 Å². The van der Waals surface area contributed by atoms with Crippen LogP contribution < -0.4 is 0 Å². The SMILES string of the molecule is CSc1ccc(C)c(C(=O)N2CCC(C(=O)c3ccccc3)CC2)c1. The molecule has 0 saturated carbocycles. The van der Waals surface area contributed by atoms with E-state index in [0.717, 1.165) is 34.4 Å². The molecule has 1 heterocycles. The van der Waals surface area contributed by atoms with Crippen molar-refractivity contribution in [3.8, 4) is 0 Å².